The minimum Gasteiger partial charge on any atom is -0.392 e. The quantitative estimate of drug-likeness (QED) is 0.492. The number of carbonyl (C=O) groups is 1. The Morgan fingerprint density at radius 2 is 2.44 bits per heavy atom. The molecule has 0 saturated carbocycles. The fourth-order valence-corrected chi connectivity index (χ4v) is 1.03. The van der Waals surface area contributed by atoms with Crippen molar-refractivity contribution in [2.45, 2.75) is 25.5 Å². The zero-order valence-corrected chi connectivity index (χ0v) is 5.42. The summed E-state index contributed by atoms with van der Waals surface area (Å²) >= 11 is 0. The van der Waals surface area contributed by atoms with Crippen molar-refractivity contribution in [2.24, 2.45) is 0 Å². The molecule has 0 aromatic carbocycles. The van der Waals surface area contributed by atoms with Crippen molar-refractivity contribution < 1.29 is 9.90 Å². The average molecular weight is 129 g/mol. The SMILES string of the molecule is CC(=O)[C@@H]1C[C@@H](O)CN1. The van der Waals surface area contributed by atoms with Gasteiger partial charge in [0.2, 0.25) is 0 Å². The van der Waals surface area contributed by atoms with Crippen molar-refractivity contribution in [3.63, 3.8) is 0 Å². The summed E-state index contributed by atoms with van der Waals surface area (Å²) in [6, 6.07) is -0.0972. The van der Waals surface area contributed by atoms with Crippen molar-refractivity contribution in [1.29, 1.82) is 0 Å². The van der Waals surface area contributed by atoms with Crippen LogP contribution in [0.2, 0.25) is 0 Å². The number of ketones is 1. The molecule has 1 heterocycles. The summed E-state index contributed by atoms with van der Waals surface area (Å²) in [5, 5.41) is 11.8. The molecule has 1 rings (SSSR count). The summed E-state index contributed by atoms with van der Waals surface area (Å²) in [4.78, 5) is 10.6. The molecule has 1 fully saturated rings. The van der Waals surface area contributed by atoms with Crippen molar-refractivity contribution in [3.05, 3.63) is 0 Å². The van der Waals surface area contributed by atoms with Gasteiger partial charge in [-0.05, 0) is 13.3 Å². The van der Waals surface area contributed by atoms with Crippen LogP contribution in [0.15, 0.2) is 0 Å². The standard InChI is InChI=1S/C6H11NO2/c1-4(8)6-2-5(9)3-7-6/h5-7,9H,2-3H2,1H3/t5-,6+/m1/s1. The molecule has 2 N–H and O–H groups in total. The first-order valence-electron chi connectivity index (χ1n) is 3.12. The maximum absolute atomic E-state index is 10.6. The molecule has 1 aliphatic heterocycles. The third-order valence-electron chi connectivity index (χ3n) is 1.60. The molecule has 9 heavy (non-hydrogen) atoms. The molecule has 52 valence electrons. The number of aliphatic hydroxyl groups is 1. The van der Waals surface area contributed by atoms with Crippen LogP contribution >= 0.6 is 0 Å². The van der Waals surface area contributed by atoms with Crippen molar-refractivity contribution in [2.75, 3.05) is 6.54 Å². The normalized spacial score (nSPS) is 34.9. The van der Waals surface area contributed by atoms with Gasteiger partial charge in [-0.2, -0.15) is 0 Å². The number of hydrogen-bond donors (Lipinski definition) is 2. The highest BCUT2D eigenvalue weighted by Gasteiger charge is 2.24. The van der Waals surface area contributed by atoms with Crippen LogP contribution in [0, 0.1) is 0 Å². The van der Waals surface area contributed by atoms with Gasteiger partial charge in [0.25, 0.3) is 0 Å². The Kier molecular flexibility index (Phi) is 1.83. The molecule has 0 radical (unpaired) electrons. The van der Waals surface area contributed by atoms with E-state index in [0.717, 1.165) is 0 Å². The number of carbonyl (C=O) groups excluding carboxylic acids is 1. The molecule has 0 aliphatic carbocycles. The maximum atomic E-state index is 10.6. The zero-order chi connectivity index (χ0) is 6.85. The van der Waals surface area contributed by atoms with Gasteiger partial charge in [-0.15, -0.1) is 0 Å². The molecule has 3 nitrogen and oxygen atoms in total. The summed E-state index contributed by atoms with van der Waals surface area (Å²) in [5.74, 6) is 0.117. The first-order valence-corrected chi connectivity index (χ1v) is 3.12. The first-order chi connectivity index (χ1) is 4.20. The smallest absolute Gasteiger partial charge is 0.146 e. The van der Waals surface area contributed by atoms with Gasteiger partial charge in [0.15, 0.2) is 0 Å². The topological polar surface area (TPSA) is 49.3 Å². The lowest BCUT2D eigenvalue weighted by molar-refractivity contribution is -0.118. The van der Waals surface area contributed by atoms with E-state index in [1.165, 1.54) is 6.92 Å². The molecule has 0 spiro atoms. The van der Waals surface area contributed by atoms with Gasteiger partial charge in [-0.3, -0.25) is 4.79 Å². The predicted octanol–water partition coefficient (Wildman–Crippen LogP) is -0.702. The molecular formula is C6H11NO2. The third kappa shape index (κ3) is 1.50. The van der Waals surface area contributed by atoms with E-state index in [1.54, 1.807) is 0 Å². The van der Waals surface area contributed by atoms with Crippen LogP contribution in [0.5, 0.6) is 0 Å². The highest BCUT2D eigenvalue weighted by Crippen LogP contribution is 2.05. The van der Waals surface area contributed by atoms with Gasteiger partial charge >= 0.3 is 0 Å². The molecule has 1 saturated heterocycles. The second-order valence-corrected chi connectivity index (χ2v) is 2.46. The van der Waals surface area contributed by atoms with Gasteiger partial charge in [0.05, 0.1) is 12.1 Å². The molecule has 0 bridgehead atoms. The number of aliphatic hydroxyl groups excluding tert-OH is 1. The summed E-state index contributed by atoms with van der Waals surface area (Å²) in [6.07, 6.45) is 0.258. The molecule has 0 unspecified atom stereocenters. The summed E-state index contributed by atoms with van der Waals surface area (Å²) in [7, 11) is 0. The molecule has 0 amide bonds. The van der Waals surface area contributed by atoms with Crippen LogP contribution in [0.25, 0.3) is 0 Å². The number of nitrogens with one attached hydrogen (secondary N) is 1. The van der Waals surface area contributed by atoms with Gasteiger partial charge in [0.1, 0.15) is 5.78 Å². The predicted molar refractivity (Wildman–Crippen MR) is 33.1 cm³/mol. The van der Waals surface area contributed by atoms with Crippen LogP contribution in [0.3, 0.4) is 0 Å². The minimum atomic E-state index is -0.320. The van der Waals surface area contributed by atoms with E-state index < -0.39 is 0 Å². The number of hydrogen-bond acceptors (Lipinski definition) is 3. The Labute approximate surface area is 54.1 Å². The summed E-state index contributed by atoms with van der Waals surface area (Å²) in [5.41, 5.74) is 0. The average Bonchev–Trinajstić information content (AvgIpc) is 2.14. The van der Waals surface area contributed by atoms with Gasteiger partial charge in [0, 0.05) is 6.54 Å². The van der Waals surface area contributed by atoms with E-state index in [1.807, 2.05) is 0 Å². The molecular weight excluding hydrogens is 118 g/mol. The minimum absolute atomic E-state index is 0.0972. The molecule has 0 aromatic rings. The van der Waals surface area contributed by atoms with Crippen LogP contribution < -0.4 is 5.32 Å². The van der Waals surface area contributed by atoms with E-state index in [9.17, 15) is 4.79 Å². The lowest BCUT2D eigenvalue weighted by atomic mass is 10.1. The van der Waals surface area contributed by atoms with Gasteiger partial charge < -0.3 is 10.4 Å². The molecule has 3 heteroatoms. The van der Waals surface area contributed by atoms with Crippen LogP contribution in [-0.2, 0) is 4.79 Å². The number of β-amino-alcohol motifs (C(OH)–C–C–N with tert-alkyl or cyclic N) is 1. The van der Waals surface area contributed by atoms with E-state index in [0.29, 0.717) is 13.0 Å². The summed E-state index contributed by atoms with van der Waals surface area (Å²) in [6.45, 7) is 2.10. The molecule has 1 aliphatic rings. The number of rotatable bonds is 1. The summed E-state index contributed by atoms with van der Waals surface area (Å²) < 4.78 is 0. The van der Waals surface area contributed by atoms with Crippen molar-refractivity contribution >= 4 is 5.78 Å². The second kappa shape index (κ2) is 2.45. The molecule has 2 atom stereocenters. The monoisotopic (exact) mass is 129 g/mol. The van der Waals surface area contributed by atoms with Crippen LogP contribution in [0.1, 0.15) is 13.3 Å². The molecule has 0 aromatic heterocycles. The second-order valence-electron chi connectivity index (χ2n) is 2.46. The third-order valence-corrected chi connectivity index (χ3v) is 1.60. The Morgan fingerprint density at radius 3 is 2.67 bits per heavy atom. The first kappa shape index (κ1) is 6.71. The Bertz CT molecular complexity index is 124. The van der Waals surface area contributed by atoms with Gasteiger partial charge in [-0.1, -0.05) is 0 Å². The lowest BCUT2D eigenvalue weighted by Crippen LogP contribution is -2.28. The Balaban J connectivity index is 2.39. The highest BCUT2D eigenvalue weighted by atomic mass is 16.3. The zero-order valence-electron chi connectivity index (χ0n) is 5.42. The Morgan fingerprint density at radius 1 is 1.78 bits per heavy atom. The lowest BCUT2D eigenvalue weighted by Gasteiger charge is -2.01. The fourth-order valence-electron chi connectivity index (χ4n) is 1.03. The van der Waals surface area contributed by atoms with Crippen molar-refractivity contribution in [3.8, 4) is 0 Å². The number of Topliss-reactive ketones (excluding diaryl/α,β-unsaturated/α-hetero) is 1. The van der Waals surface area contributed by atoms with Crippen molar-refractivity contribution in [1.82, 2.24) is 5.32 Å². The van der Waals surface area contributed by atoms with E-state index >= 15 is 0 Å². The largest absolute Gasteiger partial charge is 0.392 e. The van der Waals surface area contributed by atoms with E-state index in [4.69, 9.17) is 5.11 Å². The maximum Gasteiger partial charge on any atom is 0.146 e. The van der Waals surface area contributed by atoms with E-state index in [-0.39, 0.29) is 17.9 Å². The van der Waals surface area contributed by atoms with E-state index in [2.05, 4.69) is 5.32 Å². The van der Waals surface area contributed by atoms with Gasteiger partial charge in [-0.25, -0.2) is 0 Å². The van der Waals surface area contributed by atoms with Crippen LogP contribution in [0.4, 0.5) is 0 Å². The fraction of sp³-hybridized carbons (Fsp3) is 0.833. The van der Waals surface area contributed by atoms with Crippen LogP contribution in [-0.4, -0.2) is 29.6 Å². The highest BCUT2D eigenvalue weighted by molar-refractivity contribution is 5.81. The Hall–Kier alpha value is -0.410.